The fraction of sp³-hybridized carbons (Fsp3) is 0.625. The van der Waals surface area contributed by atoms with E-state index in [1.54, 1.807) is 19.2 Å². The summed E-state index contributed by atoms with van der Waals surface area (Å²) in [7, 11) is 1.55. The number of aliphatic hydroxyl groups excluding tert-OH is 1. The molecule has 3 rings (SSSR count). The van der Waals surface area contributed by atoms with Gasteiger partial charge in [0, 0.05) is 31.8 Å². The van der Waals surface area contributed by atoms with Gasteiger partial charge in [0.05, 0.1) is 18.8 Å². The predicted molar refractivity (Wildman–Crippen MR) is 76.8 cm³/mol. The largest absolute Gasteiger partial charge is 0.496 e. The Hall–Kier alpha value is -1.17. The van der Waals surface area contributed by atoms with Crippen LogP contribution in [0.3, 0.4) is 0 Å². The monoisotopic (exact) mass is 295 g/mol. The maximum Gasteiger partial charge on any atom is 0.131 e. The summed E-state index contributed by atoms with van der Waals surface area (Å²) >= 11 is 0. The highest BCUT2D eigenvalue weighted by Crippen LogP contribution is 2.36. The molecule has 0 amide bonds. The molecule has 2 aliphatic rings. The van der Waals surface area contributed by atoms with Gasteiger partial charge in [-0.1, -0.05) is 6.07 Å². The highest BCUT2D eigenvalue weighted by Gasteiger charge is 2.45. The van der Waals surface area contributed by atoms with Crippen molar-refractivity contribution in [3.63, 3.8) is 0 Å². The van der Waals surface area contributed by atoms with Crippen LogP contribution in [0.1, 0.15) is 24.8 Å². The van der Waals surface area contributed by atoms with Gasteiger partial charge in [-0.15, -0.1) is 0 Å². The number of ether oxygens (including phenoxy) is 2. The van der Waals surface area contributed by atoms with Crippen molar-refractivity contribution in [1.82, 2.24) is 4.90 Å². The fourth-order valence-electron chi connectivity index (χ4n) is 3.45. The fourth-order valence-corrected chi connectivity index (χ4v) is 3.45. The summed E-state index contributed by atoms with van der Waals surface area (Å²) < 4.78 is 25.0. The molecule has 0 bridgehead atoms. The van der Waals surface area contributed by atoms with Crippen molar-refractivity contribution in [3.8, 4) is 5.75 Å². The second-order valence-electron chi connectivity index (χ2n) is 5.94. The van der Waals surface area contributed by atoms with E-state index >= 15 is 0 Å². The maximum absolute atomic E-state index is 14.0. The van der Waals surface area contributed by atoms with Gasteiger partial charge in [0.2, 0.25) is 0 Å². The van der Waals surface area contributed by atoms with Crippen molar-refractivity contribution >= 4 is 0 Å². The number of halogens is 1. The lowest BCUT2D eigenvalue weighted by Crippen LogP contribution is -2.54. The van der Waals surface area contributed by atoms with Crippen LogP contribution in [0.5, 0.6) is 5.75 Å². The lowest BCUT2D eigenvalue weighted by atomic mass is 9.86. The summed E-state index contributed by atoms with van der Waals surface area (Å²) in [6.45, 7) is 2.49. The van der Waals surface area contributed by atoms with Crippen LogP contribution < -0.4 is 4.74 Å². The van der Waals surface area contributed by atoms with E-state index in [0.29, 0.717) is 24.4 Å². The number of β-amino-alcohol motifs (C(OH)–C–C–N with tert-alkyl or cyclic N) is 1. The minimum Gasteiger partial charge on any atom is -0.496 e. The first-order valence-electron chi connectivity index (χ1n) is 7.50. The molecule has 2 fully saturated rings. The summed E-state index contributed by atoms with van der Waals surface area (Å²) in [5.41, 5.74) is 0.186. The van der Waals surface area contributed by atoms with Gasteiger partial charge < -0.3 is 14.6 Å². The molecule has 0 unspecified atom stereocenters. The predicted octanol–water partition coefficient (Wildman–Crippen LogP) is 1.95. The molecule has 2 saturated heterocycles. The molecule has 0 aliphatic carbocycles. The number of rotatable bonds is 3. The molecule has 4 nitrogen and oxygen atoms in total. The van der Waals surface area contributed by atoms with Crippen molar-refractivity contribution in [2.24, 2.45) is 0 Å². The van der Waals surface area contributed by atoms with Gasteiger partial charge in [0.25, 0.3) is 0 Å². The Morgan fingerprint density at radius 2 is 2.33 bits per heavy atom. The Bertz CT molecular complexity index is 502. The molecular formula is C16H22FNO3. The van der Waals surface area contributed by atoms with E-state index in [9.17, 15) is 9.50 Å². The number of benzene rings is 1. The minimum absolute atomic E-state index is 0.263. The summed E-state index contributed by atoms with van der Waals surface area (Å²) in [6, 6.07) is 4.85. The van der Waals surface area contributed by atoms with Gasteiger partial charge in [-0.05, 0) is 31.4 Å². The van der Waals surface area contributed by atoms with E-state index in [0.717, 1.165) is 32.4 Å². The molecule has 2 heterocycles. The lowest BCUT2D eigenvalue weighted by molar-refractivity contribution is -0.130. The smallest absolute Gasteiger partial charge is 0.131 e. The topological polar surface area (TPSA) is 41.9 Å². The molecule has 116 valence electrons. The highest BCUT2D eigenvalue weighted by molar-refractivity contribution is 5.34. The lowest BCUT2D eigenvalue weighted by Gasteiger charge is -2.42. The highest BCUT2D eigenvalue weighted by atomic mass is 19.1. The van der Waals surface area contributed by atoms with E-state index in [1.165, 1.54) is 6.07 Å². The Labute approximate surface area is 124 Å². The van der Waals surface area contributed by atoms with Crippen molar-refractivity contribution in [2.75, 3.05) is 26.8 Å². The van der Waals surface area contributed by atoms with E-state index in [2.05, 4.69) is 4.90 Å². The zero-order valence-electron chi connectivity index (χ0n) is 12.3. The number of hydrogen-bond donors (Lipinski definition) is 1. The molecule has 1 spiro atoms. The third-order valence-corrected chi connectivity index (χ3v) is 4.70. The zero-order chi connectivity index (χ0) is 14.9. The van der Waals surface area contributed by atoms with Crippen molar-refractivity contribution in [2.45, 2.75) is 37.5 Å². The minimum atomic E-state index is -0.508. The Morgan fingerprint density at radius 3 is 3.00 bits per heavy atom. The zero-order valence-corrected chi connectivity index (χ0v) is 12.3. The van der Waals surface area contributed by atoms with Gasteiger partial charge in [-0.25, -0.2) is 4.39 Å². The number of likely N-dealkylation sites (tertiary alicyclic amines) is 1. The van der Waals surface area contributed by atoms with Crippen molar-refractivity contribution in [1.29, 1.82) is 0 Å². The van der Waals surface area contributed by atoms with Gasteiger partial charge in [-0.3, -0.25) is 4.90 Å². The van der Waals surface area contributed by atoms with E-state index in [-0.39, 0.29) is 11.4 Å². The Morgan fingerprint density at radius 1 is 1.48 bits per heavy atom. The van der Waals surface area contributed by atoms with Crippen LogP contribution in [0.2, 0.25) is 0 Å². The molecule has 2 atom stereocenters. The molecule has 2 aliphatic heterocycles. The quantitative estimate of drug-likeness (QED) is 0.925. The Kier molecular flexibility index (Phi) is 4.15. The third kappa shape index (κ3) is 2.78. The number of aliphatic hydroxyl groups is 1. The van der Waals surface area contributed by atoms with Crippen LogP contribution in [-0.4, -0.2) is 48.5 Å². The third-order valence-electron chi connectivity index (χ3n) is 4.70. The second kappa shape index (κ2) is 5.91. The average molecular weight is 295 g/mol. The van der Waals surface area contributed by atoms with Gasteiger partial charge >= 0.3 is 0 Å². The van der Waals surface area contributed by atoms with Gasteiger partial charge in [0.1, 0.15) is 11.6 Å². The molecule has 0 saturated carbocycles. The number of piperidine rings is 1. The van der Waals surface area contributed by atoms with Crippen molar-refractivity contribution < 1.29 is 19.0 Å². The molecule has 0 radical (unpaired) electrons. The van der Waals surface area contributed by atoms with Gasteiger partial charge in [-0.2, -0.15) is 0 Å². The first kappa shape index (κ1) is 14.8. The van der Waals surface area contributed by atoms with Crippen LogP contribution in [0, 0.1) is 5.82 Å². The van der Waals surface area contributed by atoms with Crippen molar-refractivity contribution in [3.05, 3.63) is 29.6 Å². The second-order valence-corrected chi connectivity index (χ2v) is 5.94. The first-order valence-corrected chi connectivity index (χ1v) is 7.50. The molecule has 1 aromatic rings. The van der Waals surface area contributed by atoms with Crippen LogP contribution in [0.15, 0.2) is 18.2 Å². The Balaban J connectivity index is 1.70. The summed E-state index contributed by atoms with van der Waals surface area (Å²) in [5.74, 6) is 0.295. The molecule has 21 heavy (non-hydrogen) atoms. The van der Waals surface area contributed by atoms with Crippen LogP contribution in [-0.2, 0) is 11.3 Å². The van der Waals surface area contributed by atoms with E-state index in [1.807, 2.05) is 0 Å². The molecule has 5 heteroatoms. The van der Waals surface area contributed by atoms with Crippen LogP contribution >= 0.6 is 0 Å². The molecule has 1 N–H and O–H groups in total. The number of nitrogens with zero attached hydrogens (tertiary/aromatic N) is 1. The standard InChI is InChI=1S/C16H22FNO3/c1-20-14-5-2-4-13(17)12(14)10-18-8-7-16(15(19)11-18)6-3-9-21-16/h2,4-5,15,19H,3,6-11H2,1H3/t15-,16-/m0/s1. The van der Waals surface area contributed by atoms with Crippen LogP contribution in [0.25, 0.3) is 0 Å². The molecule has 0 aromatic heterocycles. The molecule has 1 aromatic carbocycles. The van der Waals surface area contributed by atoms with Gasteiger partial charge in [0.15, 0.2) is 0 Å². The van der Waals surface area contributed by atoms with E-state index < -0.39 is 6.10 Å². The number of methoxy groups -OCH3 is 1. The molecular weight excluding hydrogens is 273 g/mol. The summed E-state index contributed by atoms with van der Waals surface area (Å²) in [5, 5.41) is 10.4. The van der Waals surface area contributed by atoms with E-state index in [4.69, 9.17) is 9.47 Å². The summed E-state index contributed by atoms with van der Waals surface area (Å²) in [4.78, 5) is 2.07. The normalized spacial score (nSPS) is 30.0. The first-order chi connectivity index (χ1) is 10.1. The SMILES string of the molecule is COc1cccc(F)c1CN1CC[C@@]2(CCCO2)[C@@H](O)C1. The number of hydrogen-bond acceptors (Lipinski definition) is 4. The maximum atomic E-state index is 14.0. The summed E-state index contributed by atoms with van der Waals surface area (Å²) in [6.07, 6.45) is 2.22. The average Bonchev–Trinajstić information content (AvgIpc) is 2.95. The van der Waals surface area contributed by atoms with Crippen LogP contribution in [0.4, 0.5) is 4.39 Å².